The molecule has 0 spiro atoms. The molecule has 4 heterocycles. The number of methoxy groups -OCH3 is 1. The van der Waals surface area contributed by atoms with E-state index in [4.69, 9.17) is 26.9 Å². The standard InChI is InChI=1S/C31H30N8O2/c1-3-23-25(21-16-20-6-4-5-7-22(20)33-17-21)26-27(32)34-19-35-28(26)39(23)31-11-9-30(18-31,10-12-31)37-29(40)24-8-13-36-38(24)14-15-41-2/h1,4-8,13,16-17,19H,9-12,14-15,18H2,2H3,(H,37,40)(H2,32,34,35). The number of fused-ring (bicyclic) bond motifs is 4. The van der Waals surface area contributed by atoms with Gasteiger partial charge in [-0.05, 0) is 50.3 Å². The Hall–Kier alpha value is -4.75. The monoisotopic (exact) mass is 546 g/mol. The molecule has 10 heteroatoms. The lowest BCUT2D eigenvalue weighted by atomic mass is 9.90. The summed E-state index contributed by atoms with van der Waals surface area (Å²) in [6.45, 7) is 0.990. The van der Waals surface area contributed by atoms with Crippen molar-refractivity contribution >= 4 is 33.7 Å². The zero-order valence-corrected chi connectivity index (χ0v) is 22.8. The van der Waals surface area contributed by atoms with E-state index in [-0.39, 0.29) is 17.0 Å². The van der Waals surface area contributed by atoms with Gasteiger partial charge in [0.25, 0.3) is 5.91 Å². The second-order valence-electron chi connectivity index (χ2n) is 11.1. The summed E-state index contributed by atoms with van der Waals surface area (Å²) in [5.41, 5.74) is 10.4. The van der Waals surface area contributed by atoms with E-state index < -0.39 is 0 Å². The Balaban J connectivity index is 1.30. The fraction of sp³-hybridized carbons (Fsp3) is 0.323. The summed E-state index contributed by atoms with van der Waals surface area (Å²) in [7, 11) is 1.63. The van der Waals surface area contributed by atoms with E-state index >= 15 is 0 Å². The smallest absolute Gasteiger partial charge is 0.269 e. The number of hydrogen-bond acceptors (Lipinski definition) is 7. The van der Waals surface area contributed by atoms with Gasteiger partial charge in [-0.25, -0.2) is 9.97 Å². The van der Waals surface area contributed by atoms with Gasteiger partial charge < -0.3 is 20.4 Å². The molecule has 2 aliphatic rings. The molecular formula is C31H30N8O2. The molecule has 3 N–H and O–H groups in total. The van der Waals surface area contributed by atoms with Gasteiger partial charge in [0.2, 0.25) is 0 Å². The van der Waals surface area contributed by atoms with Gasteiger partial charge in [-0.3, -0.25) is 14.5 Å². The van der Waals surface area contributed by atoms with Crippen LogP contribution in [0, 0.1) is 12.3 Å². The highest BCUT2D eigenvalue weighted by Gasteiger charge is 2.57. The van der Waals surface area contributed by atoms with E-state index in [2.05, 4.69) is 32.0 Å². The predicted molar refractivity (Wildman–Crippen MR) is 156 cm³/mol. The van der Waals surface area contributed by atoms with Crippen LogP contribution in [-0.2, 0) is 16.8 Å². The van der Waals surface area contributed by atoms with Gasteiger partial charge in [-0.15, -0.1) is 6.42 Å². The van der Waals surface area contributed by atoms with Crippen LogP contribution in [-0.4, -0.2) is 54.5 Å². The zero-order valence-electron chi connectivity index (χ0n) is 22.8. The lowest BCUT2D eigenvalue weighted by Crippen LogP contribution is -2.45. The average Bonchev–Trinajstić information content (AvgIpc) is 3.76. The van der Waals surface area contributed by atoms with E-state index in [1.54, 1.807) is 24.1 Å². The quantitative estimate of drug-likeness (QED) is 0.297. The van der Waals surface area contributed by atoms with Crippen molar-refractivity contribution in [3.63, 3.8) is 0 Å². The molecule has 0 atom stereocenters. The van der Waals surface area contributed by atoms with E-state index in [0.717, 1.165) is 65.2 Å². The van der Waals surface area contributed by atoms with Crippen LogP contribution < -0.4 is 11.1 Å². The topological polar surface area (TPSA) is 126 Å². The molecule has 10 nitrogen and oxygen atoms in total. The maximum atomic E-state index is 13.4. The SMILES string of the molecule is C#Cc1c(-c2cnc3ccccc3c2)c2c(N)ncnc2n1C12CCC(NC(=O)c3ccnn3CCOC)(CC1)C2. The number of terminal acetylenes is 1. The molecule has 0 radical (unpaired) electrons. The van der Waals surface area contributed by atoms with Gasteiger partial charge in [0.05, 0.1) is 24.1 Å². The second-order valence-corrected chi connectivity index (χ2v) is 11.1. The number of anilines is 1. The minimum atomic E-state index is -0.348. The number of nitrogens with two attached hydrogens (primary N) is 1. The number of nitrogen functional groups attached to an aromatic ring is 1. The second kappa shape index (κ2) is 9.42. The fourth-order valence-corrected chi connectivity index (χ4v) is 7.06. The van der Waals surface area contributed by atoms with Crippen molar-refractivity contribution in [1.29, 1.82) is 0 Å². The molecule has 41 heavy (non-hydrogen) atoms. The van der Waals surface area contributed by atoms with Crippen LogP contribution in [0.4, 0.5) is 5.82 Å². The number of para-hydroxylation sites is 1. The number of carbonyl (C=O) groups excluding carboxylic acids is 1. The van der Waals surface area contributed by atoms with Gasteiger partial charge in [0.1, 0.15) is 29.2 Å². The molecule has 7 rings (SSSR count). The lowest BCUT2D eigenvalue weighted by molar-refractivity contribution is 0.0886. The normalized spacial score (nSPS) is 21.5. The first-order chi connectivity index (χ1) is 20.0. The summed E-state index contributed by atoms with van der Waals surface area (Å²) in [6.07, 6.45) is 15.4. The average molecular weight is 547 g/mol. The Morgan fingerprint density at radius 1 is 1.17 bits per heavy atom. The van der Waals surface area contributed by atoms with Gasteiger partial charge >= 0.3 is 0 Å². The third kappa shape index (κ3) is 3.88. The summed E-state index contributed by atoms with van der Waals surface area (Å²) >= 11 is 0. The molecule has 1 aromatic carbocycles. The van der Waals surface area contributed by atoms with Gasteiger partial charge in [0, 0.05) is 47.1 Å². The fourth-order valence-electron chi connectivity index (χ4n) is 7.06. The lowest BCUT2D eigenvalue weighted by Gasteiger charge is -2.30. The molecule has 0 saturated heterocycles. The van der Waals surface area contributed by atoms with Crippen molar-refractivity contribution in [2.75, 3.05) is 19.5 Å². The largest absolute Gasteiger partial charge is 0.383 e. The molecule has 2 fully saturated rings. The van der Waals surface area contributed by atoms with Crippen LogP contribution >= 0.6 is 0 Å². The number of aromatic nitrogens is 6. The first-order valence-electron chi connectivity index (χ1n) is 13.8. The van der Waals surface area contributed by atoms with Gasteiger partial charge in [-0.1, -0.05) is 24.1 Å². The summed E-state index contributed by atoms with van der Waals surface area (Å²) < 4.78 is 9.07. The first-order valence-corrected chi connectivity index (χ1v) is 13.8. The molecule has 4 aromatic heterocycles. The molecule has 0 unspecified atom stereocenters. The number of pyridine rings is 1. The van der Waals surface area contributed by atoms with Crippen molar-refractivity contribution in [3.8, 4) is 23.5 Å². The molecule has 2 saturated carbocycles. The van der Waals surface area contributed by atoms with E-state index in [1.165, 1.54) is 6.33 Å². The summed E-state index contributed by atoms with van der Waals surface area (Å²) in [5.74, 6) is 3.24. The highest BCUT2D eigenvalue weighted by Crippen LogP contribution is 2.57. The first kappa shape index (κ1) is 25.2. The van der Waals surface area contributed by atoms with Crippen LogP contribution in [0.5, 0.6) is 0 Å². The number of benzene rings is 1. The molecule has 0 aliphatic heterocycles. The number of nitrogens with one attached hydrogen (secondary N) is 1. The zero-order chi connectivity index (χ0) is 28.2. The third-order valence-corrected chi connectivity index (χ3v) is 8.91. The number of rotatable bonds is 7. The van der Waals surface area contributed by atoms with Gasteiger partial charge in [0.15, 0.2) is 0 Å². The minimum absolute atomic E-state index is 0.125. The Morgan fingerprint density at radius 2 is 2.00 bits per heavy atom. The van der Waals surface area contributed by atoms with Crippen molar-refractivity contribution in [1.82, 2.24) is 34.6 Å². The van der Waals surface area contributed by atoms with E-state index in [9.17, 15) is 4.79 Å². The summed E-state index contributed by atoms with van der Waals surface area (Å²) in [5, 5.41) is 9.43. The maximum Gasteiger partial charge on any atom is 0.269 e. The van der Waals surface area contributed by atoms with E-state index in [1.807, 2.05) is 30.5 Å². The van der Waals surface area contributed by atoms with Crippen molar-refractivity contribution < 1.29 is 9.53 Å². The Labute approximate surface area is 236 Å². The van der Waals surface area contributed by atoms with Crippen molar-refractivity contribution in [3.05, 3.63) is 66.5 Å². The van der Waals surface area contributed by atoms with E-state index in [0.29, 0.717) is 30.4 Å². The number of carbonyl (C=O) groups is 1. The molecule has 2 bridgehead atoms. The number of hydrogen-bond donors (Lipinski definition) is 2. The maximum absolute atomic E-state index is 13.4. The molecule has 5 aromatic rings. The van der Waals surface area contributed by atoms with Crippen LogP contribution in [0.15, 0.2) is 55.1 Å². The van der Waals surface area contributed by atoms with Crippen LogP contribution in [0.25, 0.3) is 33.1 Å². The van der Waals surface area contributed by atoms with Gasteiger partial charge in [-0.2, -0.15) is 5.10 Å². The summed E-state index contributed by atoms with van der Waals surface area (Å²) in [6, 6.07) is 11.8. The molecular weight excluding hydrogens is 516 g/mol. The third-order valence-electron chi connectivity index (χ3n) is 8.91. The molecule has 2 aliphatic carbocycles. The number of ether oxygens (including phenoxy) is 1. The van der Waals surface area contributed by atoms with Crippen molar-refractivity contribution in [2.45, 2.75) is 49.7 Å². The highest BCUT2D eigenvalue weighted by atomic mass is 16.5. The van der Waals surface area contributed by atoms with Crippen LogP contribution in [0.1, 0.15) is 48.3 Å². The Morgan fingerprint density at radius 3 is 2.80 bits per heavy atom. The molecule has 206 valence electrons. The van der Waals surface area contributed by atoms with Crippen molar-refractivity contribution in [2.24, 2.45) is 0 Å². The highest BCUT2D eigenvalue weighted by molar-refractivity contribution is 6.04. The number of amides is 1. The minimum Gasteiger partial charge on any atom is -0.383 e. The predicted octanol–water partition coefficient (Wildman–Crippen LogP) is 3.89. The number of nitrogens with zero attached hydrogens (tertiary/aromatic N) is 6. The Kier molecular flexibility index (Phi) is 5.80. The van der Waals surface area contributed by atoms with Crippen LogP contribution in [0.2, 0.25) is 0 Å². The molecule has 1 amide bonds. The summed E-state index contributed by atoms with van der Waals surface area (Å²) in [4.78, 5) is 27.2. The van der Waals surface area contributed by atoms with Crippen LogP contribution in [0.3, 0.4) is 0 Å². The Bertz CT molecular complexity index is 1860.